The quantitative estimate of drug-likeness (QED) is 0.719. The first kappa shape index (κ1) is 20.1. The van der Waals surface area contributed by atoms with Crippen LogP contribution in [0.1, 0.15) is 24.0 Å². The molecule has 2 aromatic carbocycles. The van der Waals surface area contributed by atoms with Crippen molar-refractivity contribution in [1.29, 1.82) is 0 Å². The number of nitrogens with one attached hydrogen (secondary N) is 2. The maximum Gasteiger partial charge on any atom is 0.243 e. The molecule has 2 atom stereocenters. The lowest BCUT2D eigenvalue weighted by Gasteiger charge is -2.20. The average Bonchev–Trinajstić information content (AvgIpc) is 3.12. The summed E-state index contributed by atoms with van der Waals surface area (Å²) in [5.74, 6) is 0.237. The van der Waals surface area contributed by atoms with Crippen molar-refractivity contribution in [1.82, 2.24) is 10.6 Å². The Labute approximate surface area is 169 Å². The Hall–Kier alpha value is -2.60. The van der Waals surface area contributed by atoms with E-state index in [1.54, 1.807) is 0 Å². The lowest BCUT2D eigenvalue weighted by molar-refractivity contribution is -0.130. The second kappa shape index (κ2) is 10.1. The topological polar surface area (TPSA) is 75.3 Å². The van der Waals surface area contributed by atoms with E-state index in [-0.39, 0.29) is 16.9 Å². The zero-order valence-electron chi connectivity index (χ0n) is 15.6. The van der Waals surface area contributed by atoms with Crippen LogP contribution in [0.3, 0.4) is 0 Å². The first-order valence-electron chi connectivity index (χ1n) is 9.46. The molecule has 2 amide bonds. The highest BCUT2D eigenvalue weighted by molar-refractivity contribution is 8.14. The van der Waals surface area contributed by atoms with Crippen LogP contribution in [-0.4, -0.2) is 34.8 Å². The van der Waals surface area contributed by atoms with E-state index < -0.39 is 12.1 Å². The lowest BCUT2D eigenvalue weighted by atomic mass is 10.0. The van der Waals surface area contributed by atoms with Crippen molar-refractivity contribution in [2.45, 2.75) is 37.8 Å². The molecule has 0 unspecified atom stereocenters. The first-order chi connectivity index (χ1) is 13.6. The van der Waals surface area contributed by atoms with Gasteiger partial charge in [0.25, 0.3) is 0 Å². The molecule has 6 heteroatoms. The monoisotopic (exact) mass is 396 g/mol. The summed E-state index contributed by atoms with van der Waals surface area (Å²) in [6.45, 7) is 0. The number of hydrogen-bond acceptors (Lipinski definition) is 4. The van der Waals surface area contributed by atoms with Gasteiger partial charge >= 0.3 is 0 Å². The molecule has 28 heavy (non-hydrogen) atoms. The zero-order valence-corrected chi connectivity index (χ0v) is 16.4. The van der Waals surface area contributed by atoms with Crippen molar-refractivity contribution >= 4 is 28.7 Å². The van der Waals surface area contributed by atoms with E-state index in [1.807, 2.05) is 60.7 Å². The van der Waals surface area contributed by atoms with Crippen LogP contribution >= 0.6 is 11.8 Å². The molecule has 146 valence electrons. The summed E-state index contributed by atoms with van der Waals surface area (Å²) in [5.41, 5.74) is 2.04. The summed E-state index contributed by atoms with van der Waals surface area (Å²) in [6, 6.07) is 18.2. The molecule has 0 radical (unpaired) electrons. The highest BCUT2D eigenvalue weighted by Gasteiger charge is 2.30. The van der Waals surface area contributed by atoms with E-state index in [9.17, 15) is 14.4 Å². The molecule has 0 spiro atoms. The highest BCUT2D eigenvalue weighted by atomic mass is 32.2. The van der Waals surface area contributed by atoms with Crippen LogP contribution in [0.25, 0.3) is 0 Å². The van der Waals surface area contributed by atoms with Gasteiger partial charge in [0.05, 0.1) is 6.04 Å². The normalized spacial score (nSPS) is 17.1. The van der Waals surface area contributed by atoms with Crippen LogP contribution in [0.2, 0.25) is 0 Å². The van der Waals surface area contributed by atoms with Gasteiger partial charge in [0.2, 0.25) is 16.9 Å². The van der Waals surface area contributed by atoms with Crippen LogP contribution < -0.4 is 10.6 Å². The molecule has 1 fully saturated rings. The average molecular weight is 397 g/mol. The molecule has 2 N–H and O–H groups in total. The molecule has 0 aliphatic carbocycles. The number of carbonyl (C=O) groups is 3. The molecular weight excluding hydrogens is 372 g/mol. The molecule has 0 bridgehead atoms. The van der Waals surface area contributed by atoms with Gasteiger partial charge in [0.15, 0.2) is 0 Å². The van der Waals surface area contributed by atoms with Gasteiger partial charge in [-0.1, -0.05) is 72.4 Å². The number of thioether (sulfide) groups is 1. The number of amides is 2. The molecule has 0 saturated carbocycles. The molecule has 3 rings (SSSR count). The fraction of sp³-hybridized carbons (Fsp3) is 0.318. The molecule has 1 saturated heterocycles. The van der Waals surface area contributed by atoms with Crippen LogP contribution in [0, 0.1) is 0 Å². The van der Waals surface area contributed by atoms with Gasteiger partial charge in [-0.05, 0) is 24.0 Å². The fourth-order valence-electron chi connectivity index (χ4n) is 3.13. The maximum atomic E-state index is 12.8. The van der Waals surface area contributed by atoms with Crippen molar-refractivity contribution in [2.24, 2.45) is 0 Å². The smallest absolute Gasteiger partial charge is 0.243 e. The van der Waals surface area contributed by atoms with E-state index in [4.69, 9.17) is 0 Å². The third-order valence-electron chi connectivity index (χ3n) is 4.67. The minimum Gasteiger partial charge on any atom is -0.344 e. The Morgan fingerprint density at radius 1 is 1.00 bits per heavy atom. The lowest BCUT2D eigenvalue weighted by Crippen LogP contribution is -2.51. The Morgan fingerprint density at radius 3 is 2.25 bits per heavy atom. The Bertz CT molecular complexity index is 811. The molecule has 1 heterocycles. The van der Waals surface area contributed by atoms with Crippen molar-refractivity contribution < 1.29 is 14.4 Å². The minimum absolute atomic E-state index is 0.0118. The van der Waals surface area contributed by atoms with E-state index in [0.717, 1.165) is 16.9 Å². The molecule has 0 aromatic heterocycles. The maximum absolute atomic E-state index is 12.8. The van der Waals surface area contributed by atoms with Gasteiger partial charge in [-0.2, -0.15) is 0 Å². The number of aryl methyl sites for hydroxylation is 1. The van der Waals surface area contributed by atoms with Crippen molar-refractivity contribution in [2.75, 3.05) is 5.75 Å². The van der Waals surface area contributed by atoms with Gasteiger partial charge in [-0.25, -0.2) is 0 Å². The number of rotatable bonds is 8. The van der Waals surface area contributed by atoms with Crippen LogP contribution in [-0.2, 0) is 27.2 Å². The van der Waals surface area contributed by atoms with Crippen molar-refractivity contribution in [3.63, 3.8) is 0 Å². The summed E-state index contributed by atoms with van der Waals surface area (Å²) in [4.78, 5) is 37.1. The summed E-state index contributed by atoms with van der Waals surface area (Å²) in [6.07, 6.45) is 1.94. The van der Waals surface area contributed by atoms with E-state index in [0.29, 0.717) is 25.7 Å². The van der Waals surface area contributed by atoms with Gasteiger partial charge in [-0.15, -0.1) is 0 Å². The van der Waals surface area contributed by atoms with Crippen LogP contribution in [0.4, 0.5) is 0 Å². The molecular formula is C22H24N2O3S. The van der Waals surface area contributed by atoms with Gasteiger partial charge in [-0.3, -0.25) is 14.4 Å². The predicted molar refractivity (Wildman–Crippen MR) is 111 cm³/mol. The summed E-state index contributed by atoms with van der Waals surface area (Å²) >= 11 is 1.24. The molecule has 2 aromatic rings. The molecule has 5 nitrogen and oxygen atoms in total. The van der Waals surface area contributed by atoms with Crippen LogP contribution in [0.15, 0.2) is 60.7 Å². The van der Waals surface area contributed by atoms with E-state index in [1.165, 1.54) is 11.8 Å². The fourth-order valence-corrected chi connectivity index (χ4v) is 4.06. The van der Waals surface area contributed by atoms with Crippen molar-refractivity contribution in [3.8, 4) is 0 Å². The van der Waals surface area contributed by atoms with E-state index in [2.05, 4.69) is 10.6 Å². The summed E-state index contributed by atoms with van der Waals surface area (Å²) in [5, 5.41) is 5.65. The number of benzene rings is 2. The van der Waals surface area contributed by atoms with Crippen molar-refractivity contribution in [3.05, 3.63) is 71.8 Å². The van der Waals surface area contributed by atoms with Crippen LogP contribution in [0.5, 0.6) is 0 Å². The van der Waals surface area contributed by atoms with E-state index >= 15 is 0 Å². The largest absolute Gasteiger partial charge is 0.344 e. The molecule has 1 aliphatic rings. The number of hydrogen-bond donors (Lipinski definition) is 2. The Kier molecular flexibility index (Phi) is 7.25. The zero-order chi connectivity index (χ0) is 19.8. The minimum atomic E-state index is -0.705. The third kappa shape index (κ3) is 5.96. The molecule has 1 aliphatic heterocycles. The highest BCUT2D eigenvalue weighted by Crippen LogP contribution is 2.19. The SMILES string of the molecule is O=C(CCc1ccccc1)N[C@@H](Cc1ccccc1)C(=O)N[C@H]1CCSC1=O. The second-order valence-corrected chi connectivity index (χ2v) is 7.91. The second-order valence-electron chi connectivity index (χ2n) is 6.81. The third-order valence-corrected chi connectivity index (χ3v) is 5.68. The standard InChI is InChI=1S/C22H24N2O3S/c25-20(12-11-16-7-3-1-4-8-16)23-19(15-17-9-5-2-6-10-17)21(26)24-18-13-14-28-22(18)27/h1-10,18-19H,11-15H2,(H,23,25)(H,24,26)/t18-,19-/m0/s1. The van der Waals surface area contributed by atoms with Gasteiger partial charge < -0.3 is 10.6 Å². The first-order valence-corrected chi connectivity index (χ1v) is 10.4. The van der Waals surface area contributed by atoms with Gasteiger partial charge in [0, 0.05) is 18.6 Å². The predicted octanol–water partition coefficient (Wildman–Crippen LogP) is 2.50. The number of carbonyl (C=O) groups excluding carboxylic acids is 3. The van der Waals surface area contributed by atoms with Gasteiger partial charge in [0.1, 0.15) is 6.04 Å². The Morgan fingerprint density at radius 2 is 1.64 bits per heavy atom. The Balaban J connectivity index is 1.62. The summed E-state index contributed by atoms with van der Waals surface area (Å²) in [7, 11) is 0. The summed E-state index contributed by atoms with van der Waals surface area (Å²) < 4.78 is 0.